The molecule has 2 aliphatic rings. The molecule has 4 rings (SSSR count). The maximum atomic E-state index is 14.1. The van der Waals surface area contributed by atoms with Crippen molar-refractivity contribution in [2.24, 2.45) is 0 Å². The second-order valence-corrected chi connectivity index (χ2v) is 10.3. The molecule has 0 atom stereocenters. The smallest absolute Gasteiger partial charge is 0.243 e. The fraction of sp³-hybridized carbons (Fsp3) is 0.409. The van der Waals surface area contributed by atoms with Gasteiger partial charge in [0.05, 0.1) is 4.90 Å². The van der Waals surface area contributed by atoms with Crippen molar-refractivity contribution in [1.82, 2.24) is 9.21 Å². The number of nitrogens with zero attached hydrogens (tertiary/aromatic N) is 3. The van der Waals surface area contributed by atoms with E-state index in [9.17, 15) is 17.6 Å². The van der Waals surface area contributed by atoms with E-state index in [0.717, 1.165) is 24.1 Å². The SMILES string of the molecule is CC(=O)N1CCCc2cc(S(=O)(=O)N3CCN(Cc4c(F)cccc4Cl)CC3)ccc21. The van der Waals surface area contributed by atoms with Gasteiger partial charge in [0.2, 0.25) is 15.9 Å². The highest BCUT2D eigenvalue weighted by Gasteiger charge is 2.30. The topological polar surface area (TPSA) is 60.9 Å². The fourth-order valence-corrected chi connectivity index (χ4v) is 5.94. The van der Waals surface area contributed by atoms with Gasteiger partial charge in [-0.25, -0.2) is 12.8 Å². The largest absolute Gasteiger partial charge is 0.312 e. The molecule has 2 aromatic carbocycles. The van der Waals surface area contributed by atoms with Crippen LogP contribution in [0.5, 0.6) is 0 Å². The molecule has 0 unspecified atom stereocenters. The molecule has 0 N–H and O–H groups in total. The van der Waals surface area contributed by atoms with Crippen LogP contribution in [0.15, 0.2) is 41.3 Å². The van der Waals surface area contributed by atoms with Gasteiger partial charge in [-0.05, 0) is 48.7 Å². The monoisotopic (exact) mass is 465 g/mol. The van der Waals surface area contributed by atoms with Crippen LogP contribution in [0.3, 0.4) is 0 Å². The van der Waals surface area contributed by atoms with Crippen molar-refractivity contribution < 1.29 is 17.6 Å². The highest BCUT2D eigenvalue weighted by Crippen LogP contribution is 2.31. The van der Waals surface area contributed by atoms with E-state index >= 15 is 0 Å². The Kier molecular flexibility index (Phi) is 6.35. The van der Waals surface area contributed by atoms with Crippen molar-refractivity contribution in [2.75, 3.05) is 37.6 Å². The summed E-state index contributed by atoms with van der Waals surface area (Å²) < 4.78 is 42.0. The van der Waals surface area contributed by atoms with E-state index in [2.05, 4.69) is 0 Å². The molecule has 0 aromatic heterocycles. The summed E-state index contributed by atoms with van der Waals surface area (Å²) in [5.74, 6) is -0.390. The molecule has 2 aromatic rings. The lowest BCUT2D eigenvalue weighted by Gasteiger charge is -2.34. The number of benzene rings is 2. The van der Waals surface area contributed by atoms with E-state index in [-0.39, 0.29) is 16.6 Å². The number of aryl methyl sites for hydroxylation is 1. The lowest BCUT2D eigenvalue weighted by Crippen LogP contribution is -2.48. The molecule has 2 aliphatic heterocycles. The van der Waals surface area contributed by atoms with Crippen LogP contribution in [0.2, 0.25) is 5.02 Å². The summed E-state index contributed by atoms with van der Waals surface area (Å²) in [5, 5.41) is 0.378. The Balaban J connectivity index is 1.47. The highest BCUT2D eigenvalue weighted by molar-refractivity contribution is 7.89. The minimum absolute atomic E-state index is 0.0392. The number of carbonyl (C=O) groups is 1. The molecule has 0 radical (unpaired) electrons. The second-order valence-electron chi connectivity index (χ2n) is 7.95. The Hall–Kier alpha value is -2.00. The number of fused-ring (bicyclic) bond motifs is 1. The number of carbonyl (C=O) groups excluding carboxylic acids is 1. The maximum Gasteiger partial charge on any atom is 0.243 e. The van der Waals surface area contributed by atoms with Crippen molar-refractivity contribution in [1.29, 1.82) is 0 Å². The number of hydrogen-bond acceptors (Lipinski definition) is 4. The third-order valence-electron chi connectivity index (χ3n) is 5.96. The molecule has 1 amide bonds. The molecule has 0 spiro atoms. The van der Waals surface area contributed by atoms with Crippen LogP contribution in [0.1, 0.15) is 24.5 Å². The maximum absolute atomic E-state index is 14.1. The molecule has 31 heavy (non-hydrogen) atoms. The Morgan fingerprint density at radius 2 is 1.84 bits per heavy atom. The first-order valence-corrected chi connectivity index (χ1v) is 12.2. The number of anilines is 1. The van der Waals surface area contributed by atoms with Crippen LogP contribution < -0.4 is 4.90 Å². The highest BCUT2D eigenvalue weighted by atomic mass is 35.5. The molecule has 2 heterocycles. The number of piperazine rings is 1. The molecule has 0 saturated carbocycles. The summed E-state index contributed by atoms with van der Waals surface area (Å²) in [6, 6.07) is 9.63. The fourth-order valence-electron chi connectivity index (χ4n) is 4.25. The molecule has 6 nitrogen and oxygen atoms in total. The lowest BCUT2D eigenvalue weighted by molar-refractivity contribution is -0.116. The number of sulfonamides is 1. The van der Waals surface area contributed by atoms with Gasteiger partial charge in [-0.3, -0.25) is 9.69 Å². The zero-order valence-electron chi connectivity index (χ0n) is 17.4. The van der Waals surface area contributed by atoms with Crippen molar-refractivity contribution in [2.45, 2.75) is 31.2 Å². The molecule has 1 fully saturated rings. The Labute approximate surface area is 187 Å². The summed E-state index contributed by atoms with van der Waals surface area (Å²) in [7, 11) is -3.64. The lowest BCUT2D eigenvalue weighted by atomic mass is 10.0. The van der Waals surface area contributed by atoms with E-state index in [1.165, 1.54) is 17.3 Å². The zero-order valence-corrected chi connectivity index (χ0v) is 18.9. The van der Waals surface area contributed by atoms with Crippen LogP contribution in [0.25, 0.3) is 0 Å². The van der Waals surface area contributed by atoms with Crippen LogP contribution in [0, 0.1) is 5.82 Å². The predicted molar refractivity (Wildman–Crippen MR) is 118 cm³/mol. The zero-order chi connectivity index (χ0) is 22.2. The van der Waals surface area contributed by atoms with Crippen LogP contribution >= 0.6 is 11.6 Å². The van der Waals surface area contributed by atoms with Gasteiger partial charge in [-0.15, -0.1) is 0 Å². The summed E-state index contributed by atoms with van der Waals surface area (Å²) in [5.41, 5.74) is 2.12. The van der Waals surface area contributed by atoms with Gasteiger partial charge in [0, 0.05) is 62.5 Å². The predicted octanol–water partition coefficient (Wildman–Crippen LogP) is 3.28. The van der Waals surface area contributed by atoms with Crippen molar-refractivity contribution in [3.63, 3.8) is 0 Å². The van der Waals surface area contributed by atoms with E-state index < -0.39 is 10.0 Å². The van der Waals surface area contributed by atoms with E-state index in [0.29, 0.717) is 49.9 Å². The van der Waals surface area contributed by atoms with Crippen molar-refractivity contribution >= 4 is 33.2 Å². The molecule has 0 bridgehead atoms. The van der Waals surface area contributed by atoms with Crippen molar-refractivity contribution in [3.05, 3.63) is 58.4 Å². The summed E-state index contributed by atoms with van der Waals surface area (Å²) >= 11 is 6.12. The average Bonchev–Trinajstić information content (AvgIpc) is 2.76. The van der Waals surface area contributed by atoms with Crippen LogP contribution in [-0.2, 0) is 27.8 Å². The van der Waals surface area contributed by atoms with Crippen LogP contribution in [-0.4, -0.2) is 56.3 Å². The molecule has 0 aliphatic carbocycles. The molecule has 9 heteroatoms. The molecular formula is C22H25ClFN3O3S. The number of amides is 1. The Morgan fingerprint density at radius 1 is 1.10 bits per heavy atom. The van der Waals surface area contributed by atoms with Crippen molar-refractivity contribution in [3.8, 4) is 0 Å². The van der Waals surface area contributed by atoms with Gasteiger partial charge in [0.25, 0.3) is 0 Å². The minimum Gasteiger partial charge on any atom is -0.312 e. The molecule has 166 valence electrons. The minimum atomic E-state index is -3.64. The van der Waals surface area contributed by atoms with Gasteiger partial charge in [0.1, 0.15) is 5.82 Å². The van der Waals surface area contributed by atoms with Gasteiger partial charge < -0.3 is 4.90 Å². The first kappa shape index (κ1) is 22.2. The van der Waals surface area contributed by atoms with Gasteiger partial charge >= 0.3 is 0 Å². The quantitative estimate of drug-likeness (QED) is 0.695. The summed E-state index contributed by atoms with van der Waals surface area (Å²) in [6.07, 6.45) is 1.56. The van der Waals surface area contributed by atoms with Gasteiger partial charge in [-0.1, -0.05) is 17.7 Å². The van der Waals surface area contributed by atoms with E-state index in [1.807, 2.05) is 4.90 Å². The number of halogens is 2. The standard InChI is InChI=1S/C22H25ClFN3O3S/c1-16(28)27-9-3-4-17-14-18(7-8-22(17)27)31(29,30)26-12-10-25(11-13-26)15-19-20(23)5-2-6-21(19)24/h2,5-8,14H,3-4,9-13,15H2,1H3. The Bertz CT molecular complexity index is 1080. The third-order valence-corrected chi connectivity index (χ3v) is 8.21. The average molecular weight is 466 g/mol. The van der Waals surface area contributed by atoms with E-state index in [1.54, 1.807) is 35.2 Å². The molecular weight excluding hydrogens is 441 g/mol. The number of hydrogen-bond donors (Lipinski definition) is 0. The summed E-state index contributed by atoms with van der Waals surface area (Å²) in [4.78, 5) is 15.8. The Morgan fingerprint density at radius 3 is 2.52 bits per heavy atom. The van der Waals surface area contributed by atoms with E-state index in [4.69, 9.17) is 11.6 Å². The molecule has 1 saturated heterocycles. The van der Waals surface area contributed by atoms with Gasteiger partial charge in [-0.2, -0.15) is 4.31 Å². The normalized spacial score (nSPS) is 18.1. The van der Waals surface area contributed by atoms with Crippen LogP contribution in [0.4, 0.5) is 10.1 Å². The number of rotatable bonds is 4. The second kappa shape index (κ2) is 8.86. The first-order valence-electron chi connectivity index (χ1n) is 10.3. The summed E-state index contributed by atoms with van der Waals surface area (Å²) in [6.45, 7) is 4.16. The first-order chi connectivity index (χ1) is 14.8. The van der Waals surface area contributed by atoms with Gasteiger partial charge in [0.15, 0.2) is 0 Å². The third kappa shape index (κ3) is 4.48.